The van der Waals surface area contributed by atoms with Crippen molar-refractivity contribution >= 4 is 15.9 Å². The van der Waals surface area contributed by atoms with E-state index in [0.29, 0.717) is 6.61 Å². The molecule has 15 heavy (non-hydrogen) atoms. The minimum atomic E-state index is -0.208. The minimum Gasteiger partial charge on any atom is -0.374 e. The summed E-state index contributed by atoms with van der Waals surface area (Å²) in [5, 5.41) is 3.25. The van der Waals surface area contributed by atoms with Gasteiger partial charge in [-0.3, -0.25) is 0 Å². The summed E-state index contributed by atoms with van der Waals surface area (Å²) in [6, 6.07) is 6.61. The van der Waals surface area contributed by atoms with E-state index in [-0.39, 0.29) is 16.7 Å². The molecule has 0 bridgehead atoms. The Morgan fingerprint density at radius 1 is 1.53 bits per heavy atom. The fourth-order valence-electron chi connectivity index (χ4n) is 1.67. The number of benzene rings is 1. The van der Waals surface area contributed by atoms with Gasteiger partial charge in [-0.05, 0) is 17.7 Å². The first-order valence-corrected chi connectivity index (χ1v) is 5.91. The molecule has 0 radical (unpaired) electrons. The number of morpholine rings is 1. The highest BCUT2D eigenvalue weighted by Crippen LogP contribution is 2.29. The average Bonchev–Trinajstić information content (AvgIpc) is 2.29. The molecule has 82 valence electrons. The van der Waals surface area contributed by atoms with Crippen LogP contribution in [0.1, 0.15) is 10.4 Å². The van der Waals surface area contributed by atoms with Crippen molar-refractivity contribution in [2.24, 2.45) is 0 Å². The smallest absolute Gasteiger partial charge is 0.123 e. The molecule has 4 heteroatoms. The molecule has 1 fully saturated rings. The summed E-state index contributed by atoms with van der Waals surface area (Å²) in [6.07, 6.45) is 0.0700. The van der Waals surface area contributed by atoms with Gasteiger partial charge in [-0.1, -0.05) is 28.1 Å². The van der Waals surface area contributed by atoms with E-state index in [9.17, 15) is 4.39 Å². The second-order valence-corrected chi connectivity index (χ2v) is 4.56. The topological polar surface area (TPSA) is 21.3 Å². The monoisotopic (exact) mass is 273 g/mol. The predicted molar refractivity (Wildman–Crippen MR) is 60.7 cm³/mol. The molecule has 1 aliphatic heterocycles. The molecule has 2 atom stereocenters. The molecule has 2 unspecified atom stereocenters. The van der Waals surface area contributed by atoms with E-state index in [0.717, 1.165) is 18.7 Å². The zero-order valence-electron chi connectivity index (χ0n) is 8.25. The van der Waals surface area contributed by atoms with Crippen molar-refractivity contribution in [1.82, 2.24) is 5.32 Å². The van der Waals surface area contributed by atoms with Crippen molar-refractivity contribution in [2.45, 2.75) is 10.9 Å². The van der Waals surface area contributed by atoms with Crippen LogP contribution in [0, 0.1) is 5.82 Å². The second-order valence-electron chi connectivity index (χ2n) is 3.57. The maximum atomic E-state index is 13.0. The van der Waals surface area contributed by atoms with Gasteiger partial charge in [0.05, 0.1) is 17.5 Å². The first kappa shape index (κ1) is 11.0. The van der Waals surface area contributed by atoms with Crippen molar-refractivity contribution < 1.29 is 9.13 Å². The third-order valence-corrected chi connectivity index (χ3v) is 3.57. The van der Waals surface area contributed by atoms with Crippen LogP contribution in [0.25, 0.3) is 0 Å². The normalized spacial score (nSPS) is 23.7. The van der Waals surface area contributed by atoms with Gasteiger partial charge in [0, 0.05) is 13.1 Å². The molecule has 1 saturated heterocycles. The quantitative estimate of drug-likeness (QED) is 0.835. The lowest BCUT2D eigenvalue weighted by Gasteiger charge is -2.27. The van der Waals surface area contributed by atoms with Gasteiger partial charge in [-0.2, -0.15) is 0 Å². The predicted octanol–water partition coefficient (Wildman–Crippen LogP) is 2.25. The Morgan fingerprint density at radius 3 is 3.07 bits per heavy atom. The van der Waals surface area contributed by atoms with Crippen LogP contribution >= 0.6 is 15.9 Å². The van der Waals surface area contributed by atoms with Crippen molar-refractivity contribution in [3.63, 3.8) is 0 Å². The fourth-order valence-corrected chi connectivity index (χ4v) is 2.29. The van der Waals surface area contributed by atoms with Gasteiger partial charge in [-0.25, -0.2) is 4.39 Å². The summed E-state index contributed by atoms with van der Waals surface area (Å²) in [5.41, 5.74) is 0.920. The third kappa shape index (κ3) is 2.77. The molecule has 1 aliphatic rings. The van der Waals surface area contributed by atoms with Gasteiger partial charge < -0.3 is 10.1 Å². The molecule has 0 saturated carbocycles. The van der Waals surface area contributed by atoms with Crippen LogP contribution in [0.5, 0.6) is 0 Å². The number of rotatable bonds is 2. The van der Waals surface area contributed by atoms with Crippen molar-refractivity contribution in [3.05, 3.63) is 35.6 Å². The maximum Gasteiger partial charge on any atom is 0.123 e. The van der Waals surface area contributed by atoms with Gasteiger partial charge >= 0.3 is 0 Å². The standard InChI is InChI=1S/C11H13BrFNO/c12-11(10-7-14-4-5-15-10)8-2-1-3-9(13)6-8/h1-3,6,10-11,14H,4-5,7H2. The second kappa shape index (κ2) is 5.05. The lowest BCUT2D eigenvalue weighted by Crippen LogP contribution is -2.40. The SMILES string of the molecule is Fc1cccc(C(Br)C2CNCCO2)c1. The summed E-state index contributed by atoms with van der Waals surface area (Å²) in [7, 11) is 0. The molecule has 0 aromatic heterocycles. The summed E-state index contributed by atoms with van der Waals surface area (Å²) >= 11 is 3.55. The van der Waals surface area contributed by atoms with Gasteiger partial charge in [0.15, 0.2) is 0 Å². The van der Waals surface area contributed by atoms with Crippen molar-refractivity contribution in [2.75, 3.05) is 19.7 Å². The van der Waals surface area contributed by atoms with Crippen LogP contribution in [0.2, 0.25) is 0 Å². The van der Waals surface area contributed by atoms with E-state index in [1.165, 1.54) is 12.1 Å². The Hall–Kier alpha value is -0.450. The van der Waals surface area contributed by atoms with Gasteiger partial charge in [0.25, 0.3) is 0 Å². The first-order chi connectivity index (χ1) is 7.27. The molecule has 0 aliphatic carbocycles. The van der Waals surface area contributed by atoms with Crippen molar-refractivity contribution in [1.29, 1.82) is 0 Å². The highest BCUT2D eigenvalue weighted by Gasteiger charge is 2.23. The van der Waals surface area contributed by atoms with Gasteiger partial charge in [0.2, 0.25) is 0 Å². The van der Waals surface area contributed by atoms with Gasteiger partial charge in [0.1, 0.15) is 5.82 Å². The minimum absolute atomic E-state index is 0.0426. The molecule has 1 aromatic rings. The number of hydrogen-bond donors (Lipinski definition) is 1. The molecular formula is C11H13BrFNO. The van der Waals surface area contributed by atoms with Crippen LogP contribution < -0.4 is 5.32 Å². The van der Waals surface area contributed by atoms with E-state index < -0.39 is 0 Å². The Kier molecular flexibility index (Phi) is 3.72. The Balaban J connectivity index is 2.08. The Bertz CT molecular complexity index is 328. The van der Waals surface area contributed by atoms with Crippen LogP contribution in [0.3, 0.4) is 0 Å². The Labute approximate surface area is 96.9 Å². The summed E-state index contributed by atoms with van der Waals surface area (Å²) in [6.45, 7) is 2.40. The Morgan fingerprint density at radius 2 is 2.40 bits per heavy atom. The summed E-state index contributed by atoms with van der Waals surface area (Å²) < 4.78 is 18.6. The molecule has 2 rings (SSSR count). The lowest BCUT2D eigenvalue weighted by atomic mass is 10.1. The molecule has 1 aromatic carbocycles. The fraction of sp³-hybridized carbons (Fsp3) is 0.455. The summed E-state index contributed by atoms with van der Waals surface area (Å²) in [4.78, 5) is 0.0426. The lowest BCUT2D eigenvalue weighted by molar-refractivity contribution is 0.0284. The number of alkyl halides is 1. The number of nitrogens with one attached hydrogen (secondary N) is 1. The van der Waals surface area contributed by atoms with E-state index >= 15 is 0 Å². The van der Waals surface area contributed by atoms with Crippen LogP contribution in [-0.2, 0) is 4.74 Å². The molecule has 2 nitrogen and oxygen atoms in total. The van der Waals surface area contributed by atoms with Gasteiger partial charge in [-0.15, -0.1) is 0 Å². The van der Waals surface area contributed by atoms with E-state index in [1.54, 1.807) is 6.07 Å². The largest absolute Gasteiger partial charge is 0.374 e. The first-order valence-electron chi connectivity index (χ1n) is 4.99. The highest BCUT2D eigenvalue weighted by atomic mass is 79.9. The zero-order valence-corrected chi connectivity index (χ0v) is 9.84. The molecule has 1 heterocycles. The maximum absolute atomic E-state index is 13.0. The number of halogens is 2. The van der Waals surface area contributed by atoms with Crippen LogP contribution in [0.15, 0.2) is 24.3 Å². The average molecular weight is 274 g/mol. The molecule has 0 spiro atoms. The summed E-state index contributed by atoms with van der Waals surface area (Å²) in [5.74, 6) is -0.208. The van der Waals surface area contributed by atoms with Crippen LogP contribution in [0.4, 0.5) is 4.39 Å². The molecule has 0 amide bonds. The van der Waals surface area contributed by atoms with E-state index in [2.05, 4.69) is 21.2 Å². The highest BCUT2D eigenvalue weighted by molar-refractivity contribution is 9.09. The molecular weight excluding hydrogens is 261 g/mol. The van der Waals surface area contributed by atoms with E-state index in [4.69, 9.17) is 4.74 Å². The number of ether oxygens (including phenoxy) is 1. The third-order valence-electron chi connectivity index (χ3n) is 2.45. The zero-order chi connectivity index (χ0) is 10.7. The van der Waals surface area contributed by atoms with Crippen molar-refractivity contribution in [3.8, 4) is 0 Å². The number of hydrogen-bond acceptors (Lipinski definition) is 2. The van der Waals surface area contributed by atoms with Crippen LogP contribution in [-0.4, -0.2) is 25.8 Å². The molecule has 1 N–H and O–H groups in total. The van der Waals surface area contributed by atoms with E-state index in [1.807, 2.05) is 6.07 Å².